The second-order valence-electron chi connectivity index (χ2n) is 10.6. The Morgan fingerprint density at radius 3 is 2.88 bits per heavy atom. The first-order valence-electron chi connectivity index (χ1n) is 13.8. The third-order valence-corrected chi connectivity index (χ3v) is 9.00. The molecule has 0 N–H and O–H groups in total. The van der Waals surface area contributed by atoms with Gasteiger partial charge in [0.1, 0.15) is 29.7 Å². The van der Waals surface area contributed by atoms with Crippen molar-refractivity contribution < 1.29 is 18.3 Å². The number of carbonyl (C=O) groups excluding carboxylic acids is 1. The first-order chi connectivity index (χ1) is 20.4. The van der Waals surface area contributed by atoms with Crippen LogP contribution in [0.25, 0.3) is 37.1 Å². The van der Waals surface area contributed by atoms with Gasteiger partial charge in [-0.25, -0.2) is 11.0 Å². The minimum Gasteiger partial charge on any atom is -0.462 e. The summed E-state index contributed by atoms with van der Waals surface area (Å²) < 4.78 is 37.2. The van der Waals surface area contributed by atoms with E-state index in [1.54, 1.807) is 23.1 Å². The zero-order chi connectivity index (χ0) is 29.4. The summed E-state index contributed by atoms with van der Waals surface area (Å²) in [6, 6.07) is 6.51. The molecule has 0 bridgehead atoms. The molecule has 42 heavy (non-hydrogen) atoms. The molecule has 0 radical (unpaired) electrons. The predicted octanol–water partition coefficient (Wildman–Crippen LogP) is 4.78. The molecule has 2 atom stereocenters. The van der Waals surface area contributed by atoms with E-state index in [0.717, 1.165) is 30.7 Å². The van der Waals surface area contributed by atoms with Gasteiger partial charge in [0, 0.05) is 42.1 Å². The number of carbonyl (C=O) groups is 1. The number of benzene rings is 1. The molecular formula is C30H29F2N7O2S. The van der Waals surface area contributed by atoms with Crippen LogP contribution < -0.4 is 9.64 Å². The summed E-state index contributed by atoms with van der Waals surface area (Å²) in [5.74, 6) is -0.468. The van der Waals surface area contributed by atoms with Crippen LogP contribution in [0.5, 0.6) is 6.01 Å². The van der Waals surface area contributed by atoms with Crippen LogP contribution in [-0.2, 0) is 4.79 Å². The second-order valence-corrected chi connectivity index (χ2v) is 11.6. The van der Waals surface area contributed by atoms with Crippen molar-refractivity contribution in [1.82, 2.24) is 24.8 Å². The third kappa shape index (κ3) is 5.14. The van der Waals surface area contributed by atoms with Crippen LogP contribution in [0.2, 0.25) is 0 Å². The number of piperazine rings is 1. The molecule has 9 nitrogen and oxygen atoms in total. The van der Waals surface area contributed by atoms with Crippen molar-refractivity contribution in [3.8, 4) is 17.3 Å². The smallest absolute Gasteiger partial charge is 0.319 e. The van der Waals surface area contributed by atoms with Crippen LogP contribution in [0.15, 0.2) is 43.1 Å². The first kappa shape index (κ1) is 27.9. The first-order valence-corrected chi connectivity index (χ1v) is 14.6. The molecule has 1 aromatic carbocycles. The second kappa shape index (κ2) is 11.6. The number of anilines is 1. The Labute approximate surface area is 245 Å². The van der Waals surface area contributed by atoms with Gasteiger partial charge < -0.3 is 24.3 Å². The van der Waals surface area contributed by atoms with Crippen LogP contribution in [-0.4, -0.2) is 89.1 Å². The molecule has 3 aromatic heterocycles. The molecule has 216 valence electrons. The Morgan fingerprint density at radius 1 is 1.26 bits per heavy atom. The SMILES string of the molecule is [C-]#[N+]C[C@H]1CN(c2nc(OC[C@@H]3CCCN3C)nc3c(F)c(-c4cccc5cc(F)sc45)ncc23)CCN1C(=O)C=C. The fraction of sp³-hybridized carbons (Fsp3) is 0.367. The van der Waals surface area contributed by atoms with E-state index in [9.17, 15) is 9.18 Å². The van der Waals surface area contributed by atoms with Crippen molar-refractivity contribution in [2.24, 2.45) is 0 Å². The van der Waals surface area contributed by atoms with Crippen molar-refractivity contribution >= 4 is 44.1 Å². The van der Waals surface area contributed by atoms with Crippen molar-refractivity contribution in [1.29, 1.82) is 0 Å². The molecule has 2 saturated heterocycles. The Balaban J connectivity index is 1.44. The molecule has 0 unspecified atom stereocenters. The summed E-state index contributed by atoms with van der Waals surface area (Å²) in [7, 11) is 2.04. The van der Waals surface area contributed by atoms with E-state index in [-0.39, 0.29) is 40.8 Å². The number of halogens is 2. The summed E-state index contributed by atoms with van der Waals surface area (Å²) >= 11 is 0.941. The number of hydrogen-bond donors (Lipinski definition) is 0. The van der Waals surface area contributed by atoms with Crippen LogP contribution in [0, 0.1) is 17.5 Å². The molecular weight excluding hydrogens is 560 g/mol. The van der Waals surface area contributed by atoms with E-state index in [1.807, 2.05) is 11.9 Å². The summed E-state index contributed by atoms with van der Waals surface area (Å²) in [6.45, 7) is 13.5. The fourth-order valence-corrected chi connectivity index (χ4v) is 6.71. The largest absolute Gasteiger partial charge is 0.462 e. The zero-order valence-corrected chi connectivity index (χ0v) is 23.9. The van der Waals surface area contributed by atoms with Gasteiger partial charge in [0.15, 0.2) is 10.9 Å². The fourth-order valence-electron chi connectivity index (χ4n) is 5.81. The number of pyridine rings is 1. The highest BCUT2D eigenvalue weighted by molar-refractivity contribution is 7.18. The van der Waals surface area contributed by atoms with Gasteiger partial charge in [-0.05, 0) is 44.0 Å². The number of likely N-dealkylation sites (N-methyl/N-ethyl adjacent to an activating group) is 1. The number of aromatic nitrogens is 3. The molecule has 2 aliphatic heterocycles. The van der Waals surface area contributed by atoms with Gasteiger partial charge in [0.25, 0.3) is 0 Å². The van der Waals surface area contributed by atoms with Gasteiger partial charge in [0.05, 0.1) is 5.39 Å². The maximum absolute atomic E-state index is 16.4. The number of thiophene rings is 1. The molecule has 0 saturated carbocycles. The van der Waals surface area contributed by atoms with E-state index in [1.165, 1.54) is 18.3 Å². The molecule has 1 amide bonds. The highest BCUT2D eigenvalue weighted by Crippen LogP contribution is 2.38. The van der Waals surface area contributed by atoms with Crippen LogP contribution in [0.4, 0.5) is 14.6 Å². The lowest BCUT2D eigenvalue weighted by Gasteiger charge is -2.39. The van der Waals surface area contributed by atoms with Crippen molar-refractivity contribution in [2.45, 2.75) is 24.9 Å². The summed E-state index contributed by atoms with van der Waals surface area (Å²) in [6.07, 6.45) is 4.84. The van der Waals surface area contributed by atoms with Gasteiger partial charge in [0.2, 0.25) is 12.5 Å². The molecule has 0 spiro atoms. The van der Waals surface area contributed by atoms with Gasteiger partial charge in [-0.3, -0.25) is 9.78 Å². The minimum absolute atomic E-state index is 0.0418. The maximum Gasteiger partial charge on any atom is 0.319 e. The number of likely N-dealkylation sites (tertiary alicyclic amines) is 1. The molecule has 2 fully saturated rings. The lowest BCUT2D eigenvalue weighted by molar-refractivity contribution is -0.128. The van der Waals surface area contributed by atoms with Crippen LogP contribution in [0.1, 0.15) is 12.8 Å². The zero-order valence-electron chi connectivity index (χ0n) is 23.1. The number of nitrogens with zero attached hydrogens (tertiary/aromatic N) is 7. The Bertz CT molecular complexity index is 1720. The highest BCUT2D eigenvalue weighted by Gasteiger charge is 2.34. The molecule has 4 aromatic rings. The predicted molar refractivity (Wildman–Crippen MR) is 159 cm³/mol. The normalized spacial score (nSPS) is 19.4. The third-order valence-electron chi connectivity index (χ3n) is 8.03. The highest BCUT2D eigenvalue weighted by atomic mass is 32.1. The summed E-state index contributed by atoms with van der Waals surface area (Å²) in [5, 5.41) is 0.692. The number of ether oxygens (including phenoxy) is 1. The number of hydrogen-bond acceptors (Lipinski definition) is 8. The summed E-state index contributed by atoms with van der Waals surface area (Å²) in [4.78, 5) is 35.5. The average molecular weight is 590 g/mol. The average Bonchev–Trinajstić information content (AvgIpc) is 3.59. The number of fused-ring (bicyclic) bond motifs is 2. The van der Waals surface area contributed by atoms with Gasteiger partial charge in [-0.2, -0.15) is 14.4 Å². The standard InChI is InChI=1S/C30H29F2N7O2S/c1-4-24(40)39-12-11-38(16-20(39)14-33-2)29-22-15-34-26(21-9-5-7-18-13-23(31)42-28(18)21)25(32)27(22)35-30(36-29)41-17-19-8-6-10-37(19)3/h4-5,7,9,13,15,19-20H,1,6,8,10-12,14,16-17H2,3H3/t19-,20-/m0/s1. The van der Waals surface area contributed by atoms with E-state index in [2.05, 4.69) is 26.3 Å². The Hall–Kier alpha value is -4.21. The minimum atomic E-state index is -0.654. The van der Waals surface area contributed by atoms with E-state index < -0.39 is 11.9 Å². The Kier molecular flexibility index (Phi) is 7.70. The Morgan fingerprint density at radius 2 is 2.12 bits per heavy atom. The molecule has 6 rings (SSSR count). The quantitative estimate of drug-likeness (QED) is 0.227. The van der Waals surface area contributed by atoms with E-state index >= 15 is 4.39 Å². The van der Waals surface area contributed by atoms with Gasteiger partial charge >= 0.3 is 6.01 Å². The lowest BCUT2D eigenvalue weighted by Crippen LogP contribution is -2.56. The topological polar surface area (TPSA) is 79.1 Å². The number of amides is 1. The van der Waals surface area contributed by atoms with Crippen LogP contribution in [0.3, 0.4) is 0 Å². The monoisotopic (exact) mass is 589 g/mol. The van der Waals surface area contributed by atoms with Crippen molar-refractivity contribution in [3.05, 3.63) is 65.5 Å². The maximum atomic E-state index is 16.4. The molecule has 12 heteroatoms. The molecule has 2 aliphatic rings. The summed E-state index contributed by atoms with van der Waals surface area (Å²) in [5.41, 5.74) is 0.582. The molecule has 5 heterocycles. The van der Waals surface area contributed by atoms with Crippen LogP contribution >= 0.6 is 11.3 Å². The molecule has 0 aliphatic carbocycles. The van der Waals surface area contributed by atoms with Crippen molar-refractivity contribution in [2.75, 3.05) is 51.3 Å². The van der Waals surface area contributed by atoms with Gasteiger partial charge in [-0.1, -0.05) is 24.8 Å². The lowest BCUT2D eigenvalue weighted by atomic mass is 10.1. The van der Waals surface area contributed by atoms with Crippen molar-refractivity contribution in [3.63, 3.8) is 0 Å². The van der Waals surface area contributed by atoms with E-state index in [4.69, 9.17) is 16.3 Å². The number of rotatable bonds is 7. The van der Waals surface area contributed by atoms with Gasteiger partial charge in [-0.15, -0.1) is 11.3 Å². The van der Waals surface area contributed by atoms with E-state index in [0.29, 0.717) is 53.1 Å².